The summed E-state index contributed by atoms with van der Waals surface area (Å²) in [5.74, 6) is 0.310. The smallest absolute Gasteiger partial charge is 0.251 e. The molecule has 5 heteroatoms. The van der Waals surface area contributed by atoms with Crippen LogP contribution in [0.2, 0.25) is 0 Å². The summed E-state index contributed by atoms with van der Waals surface area (Å²) in [4.78, 5) is 26.2. The van der Waals surface area contributed by atoms with E-state index in [9.17, 15) is 9.59 Å². The Labute approximate surface area is 152 Å². The molecule has 1 aliphatic rings. The van der Waals surface area contributed by atoms with Gasteiger partial charge in [0.1, 0.15) is 11.2 Å². The fourth-order valence-electron chi connectivity index (χ4n) is 3.88. The number of rotatable bonds is 3. The molecule has 2 aromatic carbocycles. The van der Waals surface area contributed by atoms with Crippen molar-refractivity contribution in [2.24, 2.45) is 5.92 Å². The number of nitrogens with zero attached hydrogens (tertiary/aromatic N) is 1. The maximum Gasteiger partial charge on any atom is 0.251 e. The highest BCUT2D eigenvalue weighted by molar-refractivity contribution is 6.07. The molecule has 5 nitrogen and oxygen atoms in total. The van der Waals surface area contributed by atoms with Crippen LogP contribution in [0.4, 0.5) is 0 Å². The number of carbonyl (C=O) groups is 2. The fourth-order valence-corrected chi connectivity index (χ4v) is 3.88. The molecule has 0 aliphatic carbocycles. The van der Waals surface area contributed by atoms with Crippen molar-refractivity contribution in [3.05, 3.63) is 48.0 Å². The van der Waals surface area contributed by atoms with Gasteiger partial charge in [0.05, 0.1) is 6.04 Å². The van der Waals surface area contributed by atoms with Crippen molar-refractivity contribution < 1.29 is 14.0 Å². The normalized spacial score (nSPS) is 20.0. The standard InChI is InChI=1S/C21H22N2O3/c1-13-9-10-23(14(2)24)18(13)12-22-21(25)15-7-8-17-16-5-3-4-6-19(16)26-20(17)11-15/h3-8,11,13,18H,9-10,12H2,1-2H3,(H,22,25). The van der Waals surface area contributed by atoms with Crippen molar-refractivity contribution in [2.75, 3.05) is 13.1 Å². The Kier molecular flexibility index (Phi) is 4.15. The third kappa shape index (κ3) is 2.83. The van der Waals surface area contributed by atoms with Crippen LogP contribution >= 0.6 is 0 Å². The molecule has 0 bridgehead atoms. The van der Waals surface area contributed by atoms with Gasteiger partial charge in [-0.1, -0.05) is 25.1 Å². The Morgan fingerprint density at radius 1 is 1.15 bits per heavy atom. The third-order valence-corrected chi connectivity index (χ3v) is 5.40. The van der Waals surface area contributed by atoms with Crippen LogP contribution in [-0.2, 0) is 4.79 Å². The number of hydrogen-bond acceptors (Lipinski definition) is 3. The average Bonchev–Trinajstić information content (AvgIpc) is 3.19. The highest BCUT2D eigenvalue weighted by Gasteiger charge is 2.32. The molecule has 1 aromatic heterocycles. The van der Waals surface area contributed by atoms with Crippen molar-refractivity contribution in [3.63, 3.8) is 0 Å². The Morgan fingerprint density at radius 3 is 2.73 bits per heavy atom. The molecule has 2 atom stereocenters. The molecule has 2 heterocycles. The van der Waals surface area contributed by atoms with E-state index in [2.05, 4.69) is 12.2 Å². The summed E-state index contributed by atoms with van der Waals surface area (Å²) in [7, 11) is 0. The van der Waals surface area contributed by atoms with Crippen LogP contribution < -0.4 is 5.32 Å². The van der Waals surface area contributed by atoms with Gasteiger partial charge in [0, 0.05) is 36.3 Å². The van der Waals surface area contributed by atoms with Crippen molar-refractivity contribution in [1.29, 1.82) is 0 Å². The predicted octanol–water partition coefficient (Wildman–Crippen LogP) is 3.57. The molecule has 2 amide bonds. The number of amides is 2. The predicted molar refractivity (Wildman–Crippen MR) is 101 cm³/mol. The van der Waals surface area contributed by atoms with Crippen molar-refractivity contribution >= 4 is 33.8 Å². The average molecular weight is 350 g/mol. The lowest BCUT2D eigenvalue weighted by Gasteiger charge is -2.26. The zero-order valence-electron chi connectivity index (χ0n) is 15.0. The van der Waals surface area contributed by atoms with Gasteiger partial charge in [-0.05, 0) is 36.6 Å². The minimum Gasteiger partial charge on any atom is -0.456 e. The van der Waals surface area contributed by atoms with Crippen molar-refractivity contribution in [2.45, 2.75) is 26.3 Å². The zero-order valence-corrected chi connectivity index (χ0v) is 15.0. The van der Waals surface area contributed by atoms with Gasteiger partial charge in [-0.3, -0.25) is 9.59 Å². The number of likely N-dealkylation sites (tertiary alicyclic amines) is 1. The molecule has 0 radical (unpaired) electrons. The number of nitrogens with one attached hydrogen (secondary N) is 1. The molecule has 1 fully saturated rings. The van der Waals surface area contributed by atoms with Gasteiger partial charge in [-0.15, -0.1) is 0 Å². The van der Waals surface area contributed by atoms with E-state index in [0.717, 1.165) is 29.3 Å². The van der Waals surface area contributed by atoms with Gasteiger partial charge in [0.15, 0.2) is 0 Å². The Morgan fingerprint density at radius 2 is 1.92 bits per heavy atom. The summed E-state index contributed by atoms with van der Waals surface area (Å²) >= 11 is 0. The summed E-state index contributed by atoms with van der Waals surface area (Å²) in [6.07, 6.45) is 0.977. The Bertz CT molecular complexity index is 991. The SMILES string of the molecule is CC(=O)N1CCC(C)C1CNC(=O)c1ccc2c(c1)oc1ccccc12. The Hall–Kier alpha value is -2.82. The monoisotopic (exact) mass is 350 g/mol. The zero-order chi connectivity index (χ0) is 18.3. The van der Waals surface area contributed by atoms with E-state index in [4.69, 9.17) is 4.42 Å². The summed E-state index contributed by atoms with van der Waals surface area (Å²) < 4.78 is 5.85. The number of para-hydroxylation sites is 1. The van der Waals surface area contributed by atoms with E-state index in [1.807, 2.05) is 41.3 Å². The van der Waals surface area contributed by atoms with E-state index in [-0.39, 0.29) is 17.9 Å². The number of benzene rings is 2. The lowest BCUT2D eigenvalue weighted by molar-refractivity contribution is -0.129. The molecule has 0 saturated carbocycles. The second kappa shape index (κ2) is 6.48. The van der Waals surface area contributed by atoms with Gasteiger partial charge in [0.25, 0.3) is 5.91 Å². The summed E-state index contributed by atoms with van der Waals surface area (Å²) in [5, 5.41) is 5.03. The molecule has 26 heavy (non-hydrogen) atoms. The maximum absolute atomic E-state index is 12.6. The van der Waals surface area contributed by atoms with Crippen LogP contribution in [0.25, 0.3) is 21.9 Å². The highest BCUT2D eigenvalue weighted by Crippen LogP contribution is 2.29. The molecule has 1 saturated heterocycles. The first-order chi connectivity index (χ1) is 12.5. The molecule has 3 aromatic rings. The fraction of sp³-hybridized carbons (Fsp3) is 0.333. The minimum absolute atomic E-state index is 0.0615. The first-order valence-corrected chi connectivity index (χ1v) is 9.01. The van der Waals surface area contributed by atoms with Gasteiger partial charge in [-0.2, -0.15) is 0 Å². The van der Waals surface area contributed by atoms with Gasteiger partial charge < -0.3 is 14.6 Å². The van der Waals surface area contributed by atoms with Crippen LogP contribution in [0.1, 0.15) is 30.6 Å². The second-order valence-electron chi connectivity index (χ2n) is 7.06. The highest BCUT2D eigenvalue weighted by atomic mass is 16.3. The van der Waals surface area contributed by atoms with Gasteiger partial charge >= 0.3 is 0 Å². The Balaban J connectivity index is 1.53. The minimum atomic E-state index is -0.144. The van der Waals surface area contributed by atoms with Crippen LogP contribution in [0, 0.1) is 5.92 Å². The van der Waals surface area contributed by atoms with Crippen LogP contribution in [0.3, 0.4) is 0 Å². The van der Waals surface area contributed by atoms with E-state index < -0.39 is 0 Å². The molecule has 1 N–H and O–H groups in total. The third-order valence-electron chi connectivity index (χ3n) is 5.40. The number of hydrogen-bond donors (Lipinski definition) is 1. The summed E-state index contributed by atoms with van der Waals surface area (Å²) in [5.41, 5.74) is 2.09. The molecule has 2 unspecified atom stereocenters. The van der Waals surface area contributed by atoms with E-state index in [1.54, 1.807) is 13.0 Å². The quantitative estimate of drug-likeness (QED) is 0.785. The summed E-state index contributed by atoms with van der Waals surface area (Å²) in [6.45, 7) is 4.95. The lowest BCUT2D eigenvalue weighted by atomic mass is 10.0. The van der Waals surface area contributed by atoms with Crippen LogP contribution in [-0.4, -0.2) is 35.8 Å². The van der Waals surface area contributed by atoms with E-state index in [1.165, 1.54) is 0 Å². The molecule has 1 aliphatic heterocycles. The summed E-state index contributed by atoms with van der Waals surface area (Å²) in [6, 6.07) is 13.4. The topological polar surface area (TPSA) is 62.6 Å². The second-order valence-corrected chi connectivity index (χ2v) is 7.06. The molecule has 134 valence electrons. The largest absolute Gasteiger partial charge is 0.456 e. The first-order valence-electron chi connectivity index (χ1n) is 9.01. The van der Waals surface area contributed by atoms with E-state index >= 15 is 0 Å². The van der Waals surface area contributed by atoms with Crippen LogP contribution in [0.15, 0.2) is 46.9 Å². The van der Waals surface area contributed by atoms with E-state index in [0.29, 0.717) is 23.6 Å². The number of carbonyl (C=O) groups excluding carboxylic acids is 2. The first kappa shape index (κ1) is 16.6. The lowest BCUT2D eigenvalue weighted by Crippen LogP contribution is -2.44. The number of furan rings is 1. The molecule has 0 spiro atoms. The molecule has 4 rings (SSSR count). The van der Waals surface area contributed by atoms with Gasteiger partial charge in [0.2, 0.25) is 5.91 Å². The molecular formula is C21H22N2O3. The van der Waals surface area contributed by atoms with Gasteiger partial charge in [-0.25, -0.2) is 0 Å². The van der Waals surface area contributed by atoms with Crippen LogP contribution in [0.5, 0.6) is 0 Å². The van der Waals surface area contributed by atoms with Crippen molar-refractivity contribution in [1.82, 2.24) is 10.2 Å². The van der Waals surface area contributed by atoms with Crippen molar-refractivity contribution in [3.8, 4) is 0 Å². The molecular weight excluding hydrogens is 328 g/mol. The number of fused-ring (bicyclic) bond motifs is 3. The maximum atomic E-state index is 12.6.